The monoisotopic (exact) mass is 335 g/mol. The number of methoxy groups -OCH3 is 1. The van der Waals surface area contributed by atoms with Crippen molar-refractivity contribution in [1.29, 1.82) is 0 Å². The van der Waals surface area contributed by atoms with Gasteiger partial charge in [0.15, 0.2) is 0 Å². The molecule has 1 aromatic heterocycles. The number of carbonyl (C=O) groups excluding carboxylic acids is 2. The van der Waals surface area contributed by atoms with Crippen molar-refractivity contribution in [3.05, 3.63) is 34.2 Å². The van der Waals surface area contributed by atoms with E-state index in [1.54, 1.807) is 10.6 Å². The second-order valence-electron chi connectivity index (χ2n) is 5.98. The molecule has 2 amide bonds. The summed E-state index contributed by atoms with van der Waals surface area (Å²) >= 11 is 0. The topological polar surface area (TPSA) is 80.6 Å². The molecule has 0 bridgehead atoms. The number of aryl methyl sites for hydroxylation is 1. The highest BCUT2D eigenvalue weighted by Crippen LogP contribution is 2.18. The summed E-state index contributed by atoms with van der Waals surface area (Å²) in [5, 5.41) is 2.87. The molecule has 0 aromatic carbocycles. The first kappa shape index (κ1) is 18.0. The molecule has 0 aliphatic carbocycles. The summed E-state index contributed by atoms with van der Waals surface area (Å²) in [4.78, 5) is 37.4. The van der Waals surface area contributed by atoms with Crippen LogP contribution in [0.25, 0.3) is 0 Å². The quantitative estimate of drug-likeness (QED) is 0.822. The van der Waals surface area contributed by atoms with Crippen LogP contribution in [0.1, 0.15) is 31.4 Å². The minimum absolute atomic E-state index is 0.0366. The fraction of sp³-hybridized carbons (Fsp3) is 0.588. The van der Waals surface area contributed by atoms with Crippen molar-refractivity contribution in [2.24, 2.45) is 0 Å². The summed E-state index contributed by atoms with van der Waals surface area (Å²) < 4.78 is 6.44. The highest BCUT2D eigenvalue weighted by Gasteiger charge is 2.32. The largest absolute Gasteiger partial charge is 0.453 e. The van der Waals surface area contributed by atoms with Crippen LogP contribution in [0.3, 0.4) is 0 Å². The van der Waals surface area contributed by atoms with Crippen LogP contribution in [0.2, 0.25) is 0 Å². The van der Waals surface area contributed by atoms with Crippen LogP contribution in [0.4, 0.5) is 4.79 Å². The molecule has 1 atom stereocenters. The Hall–Kier alpha value is -2.31. The van der Waals surface area contributed by atoms with Crippen molar-refractivity contribution in [2.75, 3.05) is 20.2 Å². The molecule has 0 spiro atoms. The molecule has 0 radical (unpaired) electrons. The molecule has 0 saturated carbocycles. The smallest absolute Gasteiger partial charge is 0.410 e. The van der Waals surface area contributed by atoms with Crippen molar-refractivity contribution < 1.29 is 14.3 Å². The summed E-state index contributed by atoms with van der Waals surface area (Å²) in [5.41, 5.74) is 0.864. The van der Waals surface area contributed by atoms with Gasteiger partial charge in [0.05, 0.1) is 7.11 Å². The van der Waals surface area contributed by atoms with E-state index in [4.69, 9.17) is 4.74 Å². The fourth-order valence-electron chi connectivity index (χ4n) is 3.02. The molecule has 2 rings (SSSR count). The Labute approximate surface area is 141 Å². The van der Waals surface area contributed by atoms with Gasteiger partial charge in [-0.05, 0) is 38.7 Å². The first-order valence-corrected chi connectivity index (χ1v) is 8.33. The van der Waals surface area contributed by atoms with Gasteiger partial charge in [-0.25, -0.2) is 4.79 Å². The maximum atomic E-state index is 12.3. The highest BCUT2D eigenvalue weighted by atomic mass is 16.5. The maximum Gasteiger partial charge on any atom is 0.410 e. The molecule has 7 heteroatoms. The lowest BCUT2D eigenvalue weighted by Gasteiger charge is -2.33. The number of carbonyl (C=O) groups is 2. The predicted octanol–water partition coefficient (Wildman–Crippen LogP) is 1.28. The van der Waals surface area contributed by atoms with Gasteiger partial charge in [-0.1, -0.05) is 6.07 Å². The summed E-state index contributed by atoms with van der Waals surface area (Å²) in [6.07, 6.45) is 2.65. The molecular formula is C17H25N3O4. The van der Waals surface area contributed by atoms with Gasteiger partial charge < -0.3 is 14.6 Å². The normalized spacial score (nSPS) is 17.4. The number of nitrogens with zero attached hydrogens (tertiary/aromatic N) is 2. The van der Waals surface area contributed by atoms with E-state index in [1.807, 2.05) is 13.0 Å². The van der Waals surface area contributed by atoms with Gasteiger partial charge in [-0.15, -0.1) is 0 Å². The second-order valence-corrected chi connectivity index (χ2v) is 5.98. The molecule has 1 unspecified atom stereocenters. The fourth-order valence-corrected chi connectivity index (χ4v) is 3.02. The van der Waals surface area contributed by atoms with Gasteiger partial charge >= 0.3 is 6.09 Å². The number of ether oxygens (including phenoxy) is 1. The molecule has 1 aromatic rings. The van der Waals surface area contributed by atoms with Gasteiger partial charge in [0, 0.05) is 31.4 Å². The maximum absolute atomic E-state index is 12.3. The van der Waals surface area contributed by atoms with Crippen LogP contribution in [0, 0.1) is 6.92 Å². The third-order valence-corrected chi connectivity index (χ3v) is 4.34. The Morgan fingerprint density at radius 3 is 2.83 bits per heavy atom. The van der Waals surface area contributed by atoms with E-state index < -0.39 is 12.1 Å². The number of likely N-dealkylation sites (tertiary alicyclic amines) is 1. The number of pyridine rings is 1. The minimum atomic E-state index is -0.465. The number of hydrogen-bond donors (Lipinski definition) is 1. The van der Waals surface area contributed by atoms with E-state index in [2.05, 4.69) is 5.32 Å². The molecule has 1 aliphatic heterocycles. The molecule has 1 fully saturated rings. The van der Waals surface area contributed by atoms with Crippen LogP contribution in [0.5, 0.6) is 0 Å². The van der Waals surface area contributed by atoms with Gasteiger partial charge in [0.2, 0.25) is 5.91 Å². The number of amides is 2. The Kier molecular flexibility index (Phi) is 6.40. The van der Waals surface area contributed by atoms with Crippen molar-refractivity contribution in [1.82, 2.24) is 14.8 Å². The summed E-state index contributed by atoms with van der Waals surface area (Å²) in [7, 11) is 1.33. The van der Waals surface area contributed by atoms with Crippen LogP contribution in [0.15, 0.2) is 23.0 Å². The third kappa shape index (κ3) is 4.37. The van der Waals surface area contributed by atoms with Gasteiger partial charge in [-0.3, -0.25) is 14.5 Å². The Bertz CT molecular complexity index is 641. The van der Waals surface area contributed by atoms with E-state index in [1.165, 1.54) is 18.1 Å². The number of aromatic nitrogens is 1. The number of piperidine rings is 1. The number of nitrogens with one attached hydrogen (secondary N) is 1. The second kappa shape index (κ2) is 8.52. The Morgan fingerprint density at radius 1 is 1.33 bits per heavy atom. The summed E-state index contributed by atoms with van der Waals surface area (Å²) in [6.45, 7) is 3.45. The molecular weight excluding hydrogens is 310 g/mol. The van der Waals surface area contributed by atoms with Crippen molar-refractivity contribution in [2.45, 2.75) is 45.2 Å². The number of hydrogen-bond acceptors (Lipinski definition) is 4. The predicted molar refractivity (Wildman–Crippen MR) is 89.8 cm³/mol. The summed E-state index contributed by atoms with van der Waals surface area (Å²) in [6, 6.07) is 4.69. The summed E-state index contributed by atoms with van der Waals surface area (Å²) in [5.74, 6) is -0.155. The molecule has 1 saturated heterocycles. The lowest BCUT2D eigenvalue weighted by molar-refractivity contribution is -0.127. The van der Waals surface area contributed by atoms with Crippen molar-refractivity contribution >= 4 is 12.0 Å². The van der Waals surface area contributed by atoms with E-state index in [0.29, 0.717) is 32.5 Å². The third-order valence-electron chi connectivity index (χ3n) is 4.34. The first-order valence-electron chi connectivity index (χ1n) is 8.33. The zero-order chi connectivity index (χ0) is 17.5. The van der Waals surface area contributed by atoms with Crippen LogP contribution in [-0.4, -0.2) is 47.7 Å². The first-order chi connectivity index (χ1) is 11.5. The zero-order valence-corrected chi connectivity index (χ0v) is 14.3. The molecule has 132 valence electrons. The van der Waals surface area contributed by atoms with E-state index in [-0.39, 0.29) is 11.5 Å². The van der Waals surface area contributed by atoms with E-state index in [0.717, 1.165) is 18.5 Å². The zero-order valence-electron chi connectivity index (χ0n) is 14.3. The highest BCUT2D eigenvalue weighted by molar-refractivity contribution is 5.85. The average molecular weight is 335 g/mol. The molecule has 24 heavy (non-hydrogen) atoms. The molecule has 2 heterocycles. The van der Waals surface area contributed by atoms with Crippen LogP contribution >= 0.6 is 0 Å². The van der Waals surface area contributed by atoms with Crippen molar-refractivity contribution in [3.63, 3.8) is 0 Å². The lowest BCUT2D eigenvalue weighted by Crippen LogP contribution is -2.52. The Morgan fingerprint density at radius 2 is 2.12 bits per heavy atom. The van der Waals surface area contributed by atoms with Crippen LogP contribution < -0.4 is 10.9 Å². The standard InChI is InChI=1S/C17H25N3O4/c1-13-7-5-9-15(21)19(13)12-6-10-18-16(22)14-8-3-4-11-20(14)17(23)24-2/h5,7,9,14H,3-4,6,8,10-12H2,1-2H3,(H,18,22). The number of rotatable bonds is 5. The Balaban J connectivity index is 1.84. The molecule has 7 nitrogen and oxygen atoms in total. The van der Waals surface area contributed by atoms with Gasteiger partial charge in [0.1, 0.15) is 6.04 Å². The SMILES string of the molecule is COC(=O)N1CCCCC1C(=O)NCCCn1c(C)cccc1=O. The van der Waals surface area contributed by atoms with Crippen LogP contribution in [-0.2, 0) is 16.1 Å². The lowest BCUT2D eigenvalue weighted by atomic mass is 10.0. The van der Waals surface area contributed by atoms with Gasteiger partial charge in [0.25, 0.3) is 5.56 Å². The molecule has 1 aliphatic rings. The average Bonchev–Trinajstić information content (AvgIpc) is 2.59. The van der Waals surface area contributed by atoms with Crippen molar-refractivity contribution in [3.8, 4) is 0 Å². The van der Waals surface area contributed by atoms with Gasteiger partial charge in [-0.2, -0.15) is 0 Å². The van der Waals surface area contributed by atoms with E-state index in [9.17, 15) is 14.4 Å². The molecule has 1 N–H and O–H groups in total. The minimum Gasteiger partial charge on any atom is -0.453 e. The van der Waals surface area contributed by atoms with E-state index >= 15 is 0 Å².